The molecule has 0 saturated carbocycles. The minimum atomic E-state index is -0.379. The first kappa shape index (κ1) is 24.5. The van der Waals surface area contributed by atoms with Crippen molar-refractivity contribution in [1.82, 2.24) is 14.8 Å². The topological polar surface area (TPSA) is 69.0 Å². The highest BCUT2D eigenvalue weighted by atomic mass is 35.5. The summed E-state index contributed by atoms with van der Waals surface area (Å²) in [4.78, 5) is 12.4. The average Bonchev–Trinajstić information content (AvgIpc) is 3.15. The van der Waals surface area contributed by atoms with E-state index < -0.39 is 0 Å². The number of thioether (sulfide) groups is 1. The minimum Gasteiger partial charge on any atom is -0.482 e. The van der Waals surface area contributed by atoms with Crippen LogP contribution in [0.3, 0.4) is 0 Å². The fourth-order valence-electron chi connectivity index (χ4n) is 2.91. The number of nitrogens with zero attached hydrogens (tertiary/aromatic N) is 3. The normalized spacial score (nSPS) is 11.8. The van der Waals surface area contributed by atoms with E-state index >= 15 is 0 Å². The van der Waals surface area contributed by atoms with Crippen LogP contribution in [0.2, 0.25) is 15.1 Å². The lowest BCUT2D eigenvalue weighted by Gasteiger charge is -2.17. The second-order valence-electron chi connectivity index (χ2n) is 6.85. The van der Waals surface area contributed by atoms with E-state index in [-0.39, 0.29) is 17.8 Å². The quantitative estimate of drug-likeness (QED) is 0.259. The number of carbonyl (C=O) groups excluding carboxylic acids is 1. The molecule has 0 aliphatic heterocycles. The number of amides is 1. The van der Waals surface area contributed by atoms with Crippen LogP contribution < -0.4 is 10.1 Å². The van der Waals surface area contributed by atoms with Crippen LogP contribution >= 0.6 is 46.6 Å². The SMILES string of the molecule is C=CCn1c(SCC(=O)Nc2cccc(Cl)c2Cl)nnc1C(C)Oc1ccc(Cl)cc1C. The fourth-order valence-corrected chi connectivity index (χ4v) is 4.24. The third-order valence-electron chi connectivity index (χ3n) is 4.42. The average molecular weight is 512 g/mol. The van der Waals surface area contributed by atoms with Crippen LogP contribution in [0.25, 0.3) is 0 Å². The number of rotatable bonds is 9. The zero-order valence-corrected chi connectivity index (χ0v) is 20.5. The van der Waals surface area contributed by atoms with Crippen molar-refractivity contribution in [2.24, 2.45) is 0 Å². The van der Waals surface area contributed by atoms with Gasteiger partial charge in [-0.2, -0.15) is 0 Å². The highest BCUT2D eigenvalue weighted by Crippen LogP contribution is 2.31. The molecular formula is C22H21Cl3N4O2S. The molecule has 3 rings (SSSR count). The Labute approximate surface area is 205 Å². The molecule has 0 fully saturated rings. The summed E-state index contributed by atoms with van der Waals surface area (Å²) in [6, 6.07) is 10.5. The van der Waals surface area contributed by atoms with E-state index in [4.69, 9.17) is 39.5 Å². The molecular weight excluding hydrogens is 491 g/mol. The van der Waals surface area contributed by atoms with Gasteiger partial charge in [0.1, 0.15) is 5.75 Å². The number of hydrogen-bond acceptors (Lipinski definition) is 5. The van der Waals surface area contributed by atoms with Gasteiger partial charge in [-0.25, -0.2) is 0 Å². The van der Waals surface area contributed by atoms with E-state index in [9.17, 15) is 4.79 Å². The molecule has 32 heavy (non-hydrogen) atoms. The van der Waals surface area contributed by atoms with Crippen molar-refractivity contribution in [2.45, 2.75) is 31.7 Å². The van der Waals surface area contributed by atoms with Crippen LogP contribution in [-0.4, -0.2) is 26.4 Å². The van der Waals surface area contributed by atoms with Crippen molar-refractivity contribution >= 4 is 58.2 Å². The Morgan fingerprint density at radius 2 is 2.06 bits per heavy atom. The maximum absolute atomic E-state index is 12.4. The van der Waals surface area contributed by atoms with Crippen molar-refractivity contribution in [1.29, 1.82) is 0 Å². The van der Waals surface area contributed by atoms with Gasteiger partial charge in [0, 0.05) is 11.6 Å². The highest BCUT2D eigenvalue weighted by Gasteiger charge is 2.20. The lowest BCUT2D eigenvalue weighted by atomic mass is 10.2. The van der Waals surface area contributed by atoms with Gasteiger partial charge in [0.15, 0.2) is 17.1 Å². The molecule has 3 aromatic rings. The van der Waals surface area contributed by atoms with E-state index in [1.807, 2.05) is 30.5 Å². The third-order valence-corrected chi connectivity index (χ3v) is 6.44. The van der Waals surface area contributed by atoms with Crippen LogP contribution in [-0.2, 0) is 11.3 Å². The van der Waals surface area contributed by atoms with E-state index in [1.165, 1.54) is 11.8 Å². The number of hydrogen-bond donors (Lipinski definition) is 1. The smallest absolute Gasteiger partial charge is 0.234 e. The molecule has 1 aromatic heterocycles. The van der Waals surface area contributed by atoms with E-state index in [0.29, 0.717) is 44.0 Å². The summed E-state index contributed by atoms with van der Waals surface area (Å²) < 4.78 is 7.95. The first-order valence-corrected chi connectivity index (χ1v) is 11.8. The standard InChI is InChI=1S/C22H21Cl3N4O2S/c1-4-10-29-21(14(3)31-18-9-8-15(23)11-13(18)2)27-28-22(29)32-12-19(30)26-17-7-5-6-16(24)20(17)25/h4-9,11,14H,1,10,12H2,2-3H3,(H,26,30). The number of aryl methyl sites for hydroxylation is 1. The number of carbonyl (C=O) groups is 1. The number of nitrogens with one attached hydrogen (secondary N) is 1. The summed E-state index contributed by atoms with van der Waals surface area (Å²) in [5.41, 5.74) is 1.38. The van der Waals surface area contributed by atoms with Crippen LogP contribution in [0.1, 0.15) is 24.4 Å². The summed E-state index contributed by atoms with van der Waals surface area (Å²) in [6.45, 7) is 8.09. The molecule has 1 N–H and O–H groups in total. The molecule has 10 heteroatoms. The molecule has 1 unspecified atom stereocenters. The van der Waals surface area contributed by atoms with Crippen molar-refractivity contribution in [3.63, 3.8) is 0 Å². The first-order chi connectivity index (χ1) is 15.3. The summed E-state index contributed by atoms with van der Waals surface area (Å²) in [5.74, 6) is 1.21. The monoisotopic (exact) mass is 510 g/mol. The lowest BCUT2D eigenvalue weighted by Crippen LogP contribution is -2.16. The van der Waals surface area contributed by atoms with Gasteiger partial charge in [-0.1, -0.05) is 58.7 Å². The van der Waals surface area contributed by atoms with Crippen LogP contribution in [0, 0.1) is 6.92 Å². The summed E-state index contributed by atoms with van der Waals surface area (Å²) in [5, 5.41) is 13.2. The van der Waals surface area contributed by atoms with Crippen molar-refractivity contribution < 1.29 is 9.53 Å². The Balaban J connectivity index is 1.70. The van der Waals surface area contributed by atoms with Crippen LogP contribution in [0.15, 0.2) is 54.2 Å². The summed E-state index contributed by atoms with van der Waals surface area (Å²) >= 11 is 19.4. The van der Waals surface area contributed by atoms with Crippen molar-refractivity contribution in [3.8, 4) is 5.75 Å². The van der Waals surface area contributed by atoms with Gasteiger partial charge in [-0.3, -0.25) is 9.36 Å². The van der Waals surface area contributed by atoms with Crippen LogP contribution in [0.4, 0.5) is 5.69 Å². The van der Waals surface area contributed by atoms with Gasteiger partial charge in [0.2, 0.25) is 5.91 Å². The maximum Gasteiger partial charge on any atom is 0.234 e. The number of anilines is 1. The van der Waals surface area contributed by atoms with Gasteiger partial charge in [-0.15, -0.1) is 16.8 Å². The second kappa shape index (κ2) is 11.1. The van der Waals surface area contributed by atoms with Gasteiger partial charge in [-0.05, 0) is 49.7 Å². The molecule has 6 nitrogen and oxygen atoms in total. The zero-order chi connectivity index (χ0) is 23.3. The predicted octanol–water partition coefficient (Wildman–Crippen LogP) is 6.60. The fraction of sp³-hybridized carbons (Fsp3) is 0.227. The number of allylic oxidation sites excluding steroid dienone is 1. The number of aromatic nitrogens is 3. The molecule has 0 saturated heterocycles. The Morgan fingerprint density at radius 1 is 1.28 bits per heavy atom. The Bertz CT molecular complexity index is 1140. The Morgan fingerprint density at radius 3 is 2.78 bits per heavy atom. The largest absolute Gasteiger partial charge is 0.482 e. The number of benzene rings is 2. The molecule has 168 valence electrons. The van der Waals surface area contributed by atoms with Crippen molar-refractivity contribution in [3.05, 3.63) is 75.5 Å². The molecule has 2 aromatic carbocycles. The molecule has 0 aliphatic rings. The van der Waals surface area contributed by atoms with Gasteiger partial charge in [0.05, 0.1) is 21.5 Å². The van der Waals surface area contributed by atoms with Gasteiger partial charge < -0.3 is 10.1 Å². The molecule has 0 spiro atoms. The van der Waals surface area contributed by atoms with E-state index in [0.717, 1.165) is 5.56 Å². The molecule has 0 bridgehead atoms. The van der Waals surface area contributed by atoms with E-state index in [1.54, 1.807) is 30.3 Å². The maximum atomic E-state index is 12.4. The molecule has 1 atom stereocenters. The van der Waals surface area contributed by atoms with E-state index in [2.05, 4.69) is 22.1 Å². The van der Waals surface area contributed by atoms with Gasteiger partial charge in [0.25, 0.3) is 0 Å². The first-order valence-electron chi connectivity index (χ1n) is 9.63. The molecule has 0 radical (unpaired) electrons. The third kappa shape index (κ3) is 5.98. The number of ether oxygens (including phenoxy) is 1. The molecule has 1 amide bonds. The highest BCUT2D eigenvalue weighted by molar-refractivity contribution is 7.99. The Kier molecular flexibility index (Phi) is 8.48. The predicted molar refractivity (Wildman–Crippen MR) is 131 cm³/mol. The molecule has 0 aliphatic carbocycles. The van der Waals surface area contributed by atoms with Crippen LogP contribution in [0.5, 0.6) is 5.75 Å². The zero-order valence-electron chi connectivity index (χ0n) is 17.4. The number of halogens is 3. The molecule has 1 heterocycles. The van der Waals surface area contributed by atoms with Crippen molar-refractivity contribution in [2.75, 3.05) is 11.1 Å². The minimum absolute atomic E-state index is 0.115. The lowest BCUT2D eigenvalue weighted by molar-refractivity contribution is -0.113. The summed E-state index contributed by atoms with van der Waals surface area (Å²) in [6.07, 6.45) is 1.36. The summed E-state index contributed by atoms with van der Waals surface area (Å²) in [7, 11) is 0. The van der Waals surface area contributed by atoms with Gasteiger partial charge >= 0.3 is 0 Å². The second-order valence-corrected chi connectivity index (χ2v) is 9.01. The Hall–Kier alpha value is -2.19.